The Hall–Kier alpha value is -1.72. The van der Waals surface area contributed by atoms with Crippen LogP contribution in [0.3, 0.4) is 0 Å². The molecule has 3 unspecified atom stereocenters. The standard InChI is InChI=1S/C21H26N2O2S/c1-14-19(26-15(2)22-14)20(24)23-13-12-21(25,16-8-4-3-5-9-16)17-10-6-7-11-18(17)23/h3-5,8-9,17-18,25H,6-7,10-13H2,1-2H3. The van der Waals surface area contributed by atoms with Gasteiger partial charge in [0, 0.05) is 18.5 Å². The van der Waals surface area contributed by atoms with E-state index in [-0.39, 0.29) is 17.9 Å². The molecule has 1 aliphatic heterocycles. The number of hydrogen-bond donors (Lipinski definition) is 1. The fourth-order valence-corrected chi connectivity index (χ4v) is 5.76. The summed E-state index contributed by atoms with van der Waals surface area (Å²) < 4.78 is 0. The third-order valence-electron chi connectivity index (χ3n) is 6.11. The molecule has 138 valence electrons. The summed E-state index contributed by atoms with van der Waals surface area (Å²) in [5.41, 5.74) is 0.990. The van der Waals surface area contributed by atoms with Gasteiger partial charge in [-0.2, -0.15) is 0 Å². The molecule has 2 aliphatic rings. The average Bonchev–Trinajstić information content (AvgIpc) is 3.01. The first-order chi connectivity index (χ1) is 12.5. The van der Waals surface area contributed by atoms with Gasteiger partial charge in [-0.1, -0.05) is 43.2 Å². The summed E-state index contributed by atoms with van der Waals surface area (Å²) in [4.78, 5) is 20.5. The smallest absolute Gasteiger partial charge is 0.266 e. The second-order valence-electron chi connectivity index (χ2n) is 7.64. The van der Waals surface area contributed by atoms with Crippen LogP contribution in [0.5, 0.6) is 0 Å². The van der Waals surface area contributed by atoms with Gasteiger partial charge >= 0.3 is 0 Å². The molecule has 4 rings (SSSR count). The minimum atomic E-state index is -0.832. The predicted molar refractivity (Wildman–Crippen MR) is 103 cm³/mol. The SMILES string of the molecule is Cc1nc(C)c(C(=O)N2CCC(O)(c3ccccc3)C3CCCCC32)s1. The molecule has 1 saturated heterocycles. The zero-order valence-corrected chi connectivity index (χ0v) is 16.3. The van der Waals surface area contributed by atoms with Crippen LogP contribution >= 0.6 is 11.3 Å². The van der Waals surface area contributed by atoms with Crippen molar-refractivity contribution < 1.29 is 9.90 Å². The summed E-state index contributed by atoms with van der Waals surface area (Å²) in [6, 6.07) is 10.1. The van der Waals surface area contributed by atoms with Crippen LogP contribution in [0.2, 0.25) is 0 Å². The van der Waals surface area contributed by atoms with E-state index in [0.717, 1.165) is 46.8 Å². The Kier molecular flexibility index (Phi) is 4.61. The van der Waals surface area contributed by atoms with Gasteiger partial charge in [-0.05, 0) is 38.7 Å². The van der Waals surface area contributed by atoms with Crippen LogP contribution in [0, 0.1) is 19.8 Å². The molecule has 1 aromatic heterocycles. The minimum absolute atomic E-state index is 0.0973. The van der Waals surface area contributed by atoms with Gasteiger partial charge in [-0.25, -0.2) is 4.98 Å². The van der Waals surface area contributed by atoms with Gasteiger partial charge in [0.25, 0.3) is 5.91 Å². The Morgan fingerprint density at radius 1 is 1.23 bits per heavy atom. The van der Waals surface area contributed by atoms with Gasteiger partial charge in [0.2, 0.25) is 0 Å². The van der Waals surface area contributed by atoms with Crippen molar-refractivity contribution >= 4 is 17.2 Å². The Morgan fingerprint density at radius 3 is 2.65 bits per heavy atom. The van der Waals surface area contributed by atoms with Crippen molar-refractivity contribution in [3.8, 4) is 0 Å². The average molecular weight is 371 g/mol. The molecule has 2 aromatic rings. The highest BCUT2D eigenvalue weighted by Gasteiger charge is 2.50. The number of nitrogens with zero attached hydrogens (tertiary/aromatic N) is 2. The number of carbonyl (C=O) groups is 1. The van der Waals surface area contributed by atoms with Crippen molar-refractivity contribution in [3.63, 3.8) is 0 Å². The highest BCUT2D eigenvalue weighted by molar-refractivity contribution is 7.13. The van der Waals surface area contributed by atoms with Crippen LogP contribution in [0.4, 0.5) is 0 Å². The van der Waals surface area contributed by atoms with Crippen molar-refractivity contribution in [2.24, 2.45) is 5.92 Å². The topological polar surface area (TPSA) is 53.4 Å². The lowest BCUT2D eigenvalue weighted by molar-refractivity contribution is -0.110. The largest absolute Gasteiger partial charge is 0.385 e. The second kappa shape index (κ2) is 6.78. The second-order valence-corrected chi connectivity index (χ2v) is 8.85. The molecule has 0 radical (unpaired) electrons. The third-order valence-corrected chi connectivity index (χ3v) is 7.17. The number of aryl methyl sites for hydroxylation is 2. The van der Waals surface area contributed by atoms with E-state index in [4.69, 9.17) is 0 Å². The number of fused-ring (bicyclic) bond motifs is 1. The van der Waals surface area contributed by atoms with Crippen LogP contribution in [-0.4, -0.2) is 33.5 Å². The number of thiazole rings is 1. The summed E-state index contributed by atoms with van der Waals surface area (Å²) in [6.07, 6.45) is 4.79. The summed E-state index contributed by atoms with van der Waals surface area (Å²) in [5, 5.41) is 12.6. The molecule has 1 aliphatic carbocycles. The van der Waals surface area contributed by atoms with Gasteiger partial charge in [-0.3, -0.25) is 4.79 Å². The van der Waals surface area contributed by atoms with Crippen molar-refractivity contribution in [2.45, 2.75) is 57.6 Å². The zero-order chi connectivity index (χ0) is 18.3. The highest BCUT2D eigenvalue weighted by Crippen LogP contribution is 2.47. The molecular weight excluding hydrogens is 344 g/mol. The first-order valence-corrected chi connectivity index (χ1v) is 10.4. The van der Waals surface area contributed by atoms with Crippen LogP contribution in [0.25, 0.3) is 0 Å². The third kappa shape index (κ3) is 2.87. The van der Waals surface area contributed by atoms with Crippen molar-refractivity contribution in [1.82, 2.24) is 9.88 Å². The van der Waals surface area contributed by atoms with Gasteiger partial charge in [-0.15, -0.1) is 11.3 Å². The van der Waals surface area contributed by atoms with E-state index in [1.165, 1.54) is 11.3 Å². The Morgan fingerprint density at radius 2 is 1.96 bits per heavy atom. The highest BCUT2D eigenvalue weighted by atomic mass is 32.1. The van der Waals surface area contributed by atoms with E-state index >= 15 is 0 Å². The number of carbonyl (C=O) groups excluding carboxylic acids is 1. The van der Waals surface area contributed by atoms with Gasteiger partial charge in [0.05, 0.1) is 16.3 Å². The molecule has 0 bridgehead atoms. The Labute approximate surface area is 158 Å². The van der Waals surface area contributed by atoms with E-state index in [0.29, 0.717) is 13.0 Å². The van der Waals surface area contributed by atoms with Gasteiger partial charge in [0.15, 0.2) is 0 Å². The number of hydrogen-bond acceptors (Lipinski definition) is 4. The molecule has 1 amide bonds. The molecule has 1 N–H and O–H groups in total. The number of amides is 1. The molecule has 1 saturated carbocycles. The lowest BCUT2D eigenvalue weighted by Crippen LogP contribution is -2.58. The maximum Gasteiger partial charge on any atom is 0.266 e. The molecule has 3 atom stereocenters. The first-order valence-electron chi connectivity index (χ1n) is 9.53. The van der Waals surface area contributed by atoms with Crippen LogP contribution in [0.15, 0.2) is 30.3 Å². The molecule has 1 aromatic carbocycles. The molecule has 2 fully saturated rings. The zero-order valence-electron chi connectivity index (χ0n) is 15.4. The van der Waals surface area contributed by atoms with E-state index < -0.39 is 5.60 Å². The number of aliphatic hydroxyl groups is 1. The van der Waals surface area contributed by atoms with Crippen molar-refractivity contribution in [1.29, 1.82) is 0 Å². The fraction of sp³-hybridized carbons (Fsp3) is 0.524. The van der Waals surface area contributed by atoms with E-state index in [9.17, 15) is 9.90 Å². The quantitative estimate of drug-likeness (QED) is 0.868. The normalized spacial score (nSPS) is 28.7. The minimum Gasteiger partial charge on any atom is -0.385 e. The first kappa shape index (κ1) is 17.7. The number of rotatable bonds is 2. The molecular formula is C21H26N2O2S. The maximum atomic E-state index is 13.3. The number of likely N-dealkylation sites (tertiary alicyclic amines) is 1. The predicted octanol–water partition coefficient (Wildman–Crippen LogP) is 4.05. The maximum absolute atomic E-state index is 13.3. The molecule has 0 spiro atoms. The molecule has 5 heteroatoms. The van der Waals surface area contributed by atoms with Crippen molar-refractivity contribution in [3.05, 3.63) is 51.5 Å². The van der Waals surface area contributed by atoms with Gasteiger partial charge in [0.1, 0.15) is 4.88 Å². The number of benzene rings is 1. The molecule has 26 heavy (non-hydrogen) atoms. The van der Waals surface area contributed by atoms with Crippen LogP contribution in [-0.2, 0) is 5.60 Å². The number of piperidine rings is 1. The van der Waals surface area contributed by atoms with Crippen LogP contribution in [0.1, 0.15) is 58.0 Å². The lowest BCUT2D eigenvalue weighted by Gasteiger charge is -2.52. The Balaban J connectivity index is 1.67. The van der Waals surface area contributed by atoms with Crippen LogP contribution < -0.4 is 0 Å². The molecule has 4 nitrogen and oxygen atoms in total. The summed E-state index contributed by atoms with van der Waals surface area (Å²) in [5.74, 6) is 0.200. The summed E-state index contributed by atoms with van der Waals surface area (Å²) in [7, 11) is 0. The van der Waals surface area contributed by atoms with E-state index in [2.05, 4.69) is 4.98 Å². The summed E-state index contributed by atoms with van der Waals surface area (Å²) in [6.45, 7) is 4.46. The Bertz CT molecular complexity index is 804. The molecule has 2 heterocycles. The van der Waals surface area contributed by atoms with Gasteiger partial charge < -0.3 is 10.0 Å². The summed E-state index contributed by atoms with van der Waals surface area (Å²) >= 11 is 1.49. The van der Waals surface area contributed by atoms with E-state index in [1.807, 2.05) is 49.1 Å². The monoisotopic (exact) mass is 370 g/mol. The van der Waals surface area contributed by atoms with Crippen molar-refractivity contribution in [2.75, 3.05) is 6.54 Å². The fourth-order valence-electron chi connectivity index (χ4n) is 4.88. The lowest BCUT2D eigenvalue weighted by atomic mass is 9.66. The number of aromatic nitrogens is 1. The van der Waals surface area contributed by atoms with E-state index in [1.54, 1.807) is 0 Å².